The Morgan fingerprint density at radius 3 is 3.07 bits per heavy atom. The predicted molar refractivity (Wildman–Crippen MR) is 58.3 cm³/mol. The van der Waals surface area contributed by atoms with E-state index in [4.69, 9.17) is 5.73 Å². The summed E-state index contributed by atoms with van der Waals surface area (Å²) in [6.07, 6.45) is 1.84. The van der Waals surface area contributed by atoms with Gasteiger partial charge >= 0.3 is 0 Å². The second kappa shape index (κ2) is 3.84. The number of rotatable bonds is 1. The molecule has 4 heteroatoms. The van der Waals surface area contributed by atoms with Crippen LogP contribution in [0, 0.1) is 0 Å². The van der Waals surface area contributed by atoms with Gasteiger partial charge in [0.15, 0.2) is 0 Å². The maximum atomic E-state index is 5.54. The summed E-state index contributed by atoms with van der Waals surface area (Å²) in [5.41, 5.74) is 6.70. The first kappa shape index (κ1) is 9.27. The number of nitrogens with one attached hydrogen (secondary N) is 1. The third-order valence-electron chi connectivity index (χ3n) is 2.50. The van der Waals surface area contributed by atoms with E-state index in [1.165, 1.54) is 0 Å². The van der Waals surface area contributed by atoms with Crippen molar-refractivity contribution in [2.45, 2.75) is 13.0 Å². The molecule has 0 amide bonds. The number of piperazine rings is 1. The minimum absolute atomic E-state index is 0.543. The van der Waals surface area contributed by atoms with Gasteiger partial charge in [0.05, 0.1) is 11.9 Å². The van der Waals surface area contributed by atoms with Crippen molar-refractivity contribution in [3.8, 4) is 0 Å². The standard InChI is InChI=1S/C10H16N4/c1-8-7-14(5-4-12-8)9-2-3-10(11)13-6-9/h2-3,6,8,12H,4-5,7H2,1H3,(H2,11,13)/t8-/m0/s1. The normalized spacial score (nSPS) is 22.4. The highest BCUT2D eigenvalue weighted by atomic mass is 15.2. The fourth-order valence-corrected chi connectivity index (χ4v) is 1.75. The fraction of sp³-hybridized carbons (Fsp3) is 0.500. The summed E-state index contributed by atoms with van der Waals surface area (Å²) >= 11 is 0. The molecule has 0 radical (unpaired) electrons. The molecule has 3 N–H and O–H groups in total. The zero-order valence-electron chi connectivity index (χ0n) is 8.40. The van der Waals surface area contributed by atoms with E-state index in [9.17, 15) is 0 Å². The molecule has 1 aromatic heterocycles. The second-order valence-corrected chi connectivity index (χ2v) is 3.74. The zero-order valence-corrected chi connectivity index (χ0v) is 8.40. The van der Waals surface area contributed by atoms with E-state index in [0.29, 0.717) is 11.9 Å². The lowest BCUT2D eigenvalue weighted by atomic mass is 10.2. The molecule has 0 unspecified atom stereocenters. The van der Waals surface area contributed by atoms with Crippen molar-refractivity contribution in [1.29, 1.82) is 0 Å². The molecule has 1 aliphatic heterocycles. The quantitative estimate of drug-likeness (QED) is 0.679. The van der Waals surface area contributed by atoms with Crippen LogP contribution in [0.2, 0.25) is 0 Å². The Hall–Kier alpha value is -1.29. The van der Waals surface area contributed by atoms with Crippen LogP contribution in [0.25, 0.3) is 0 Å². The SMILES string of the molecule is C[C@H]1CN(c2ccc(N)nc2)CCN1. The molecule has 0 saturated carbocycles. The minimum Gasteiger partial charge on any atom is -0.384 e. The van der Waals surface area contributed by atoms with Crippen LogP contribution in [-0.2, 0) is 0 Å². The highest BCUT2D eigenvalue weighted by Crippen LogP contribution is 2.15. The van der Waals surface area contributed by atoms with E-state index in [0.717, 1.165) is 25.3 Å². The second-order valence-electron chi connectivity index (χ2n) is 3.74. The average molecular weight is 192 g/mol. The van der Waals surface area contributed by atoms with Crippen molar-refractivity contribution in [1.82, 2.24) is 10.3 Å². The van der Waals surface area contributed by atoms with Crippen molar-refractivity contribution in [3.63, 3.8) is 0 Å². The van der Waals surface area contributed by atoms with Crippen molar-refractivity contribution in [3.05, 3.63) is 18.3 Å². The van der Waals surface area contributed by atoms with E-state index < -0.39 is 0 Å². The van der Waals surface area contributed by atoms with Gasteiger partial charge in [-0.3, -0.25) is 0 Å². The van der Waals surface area contributed by atoms with Crippen molar-refractivity contribution >= 4 is 11.5 Å². The fourth-order valence-electron chi connectivity index (χ4n) is 1.75. The van der Waals surface area contributed by atoms with Gasteiger partial charge in [-0.2, -0.15) is 0 Å². The first-order valence-electron chi connectivity index (χ1n) is 4.95. The van der Waals surface area contributed by atoms with E-state index >= 15 is 0 Å². The van der Waals surface area contributed by atoms with Gasteiger partial charge in [0.2, 0.25) is 0 Å². The van der Waals surface area contributed by atoms with Gasteiger partial charge in [0, 0.05) is 25.7 Å². The summed E-state index contributed by atoms with van der Waals surface area (Å²) in [4.78, 5) is 6.42. The number of pyridine rings is 1. The lowest BCUT2D eigenvalue weighted by Crippen LogP contribution is -2.49. The van der Waals surface area contributed by atoms with Gasteiger partial charge in [-0.25, -0.2) is 4.98 Å². The molecular formula is C10H16N4. The maximum Gasteiger partial charge on any atom is 0.123 e. The van der Waals surface area contributed by atoms with Crippen LogP contribution in [0.3, 0.4) is 0 Å². The van der Waals surface area contributed by atoms with Crippen LogP contribution in [0.1, 0.15) is 6.92 Å². The van der Waals surface area contributed by atoms with E-state index in [-0.39, 0.29) is 0 Å². The Balaban J connectivity index is 2.10. The molecule has 76 valence electrons. The average Bonchev–Trinajstić information content (AvgIpc) is 2.19. The Labute approximate surface area is 84.1 Å². The van der Waals surface area contributed by atoms with Gasteiger partial charge in [-0.15, -0.1) is 0 Å². The monoisotopic (exact) mass is 192 g/mol. The number of nitrogen functional groups attached to an aromatic ring is 1. The Kier molecular flexibility index (Phi) is 2.54. The summed E-state index contributed by atoms with van der Waals surface area (Å²) in [5.74, 6) is 0.580. The summed E-state index contributed by atoms with van der Waals surface area (Å²) in [5, 5.41) is 3.41. The molecule has 1 saturated heterocycles. The van der Waals surface area contributed by atoms with Gasteiger partial charge < -0.3 is 16.0 Å². The van der Waals surface area contributed by atoms with E-state index in [2.05, 4.69) is 22.1 Å². The minimum atomic E-state index is 0.543. The van der Waals surface area contributed by atoms with Crippen molar-refractivity contribution in [2.75, 3.05) is 30.3 Å². The highest BCUT2D eigenvalue weighted by Gasteiger charge is 2.15. The number of aromatic nitrogens is 1. The van der Waals surface area contributed by atoms with Gasteiger partial charge in [0.1, 0.15) is 5.82 Å². The number of hydrogen-bond donors (Lipinski definition) is 2. The molecule has 2 rings (SSSR count). The van der Waals surface area contributed by atoms with Gasteiger partial charge in [-0.05, 0) is 19.1 Å². The molecule has 0 spiro atoms. The summed E-state index contributed by atoms with van der Waals surface area (Å²) in [6, 6.07) is 4.42. The van der Waals surface area contributed by atoms with Crippen molar-refractivity contribution < 1.29 is 0 Å². The van der Waals surface area contributed by atoms with Crippen LogP contribution in [-0.4, -0.2) is 30.7 Å². The van der Waals surface area contributed by atoms with Crippen LogP contribution in [0.5, 0.6) is 0 Å². The number of nitrogens with two attached hydrogens (primary N) is 1. The van der Waals surface area contributed by atoms with E-state index in [1.54, 1.807) is 0 Å². The Morgan fingerprint density at radius 2 is 2.43 bits per heavy atom. The maximum absolute atomic E-state index is 5.54. The predicted octanol–water partition coefficient (Wildman–Crippen LogP) is 0.462. The molecule has 2 heterocycles. The lowest BCUT2D eigenvalue weighted by Gasteiger charge is -2.33. The molecule has 1 fully saturated rings. The highest BCUT2D eigenvalue weighted by molar-refractivity contribution is 5.48. The van der Waals surface area contributed by atoms with Crippen molar-refractivity contribution in [2.24, 2.45) is 0 Å². The summed E-state index contributed by atoms with van der Waals surface area (Å²) in [6.45, 7) is 5.30. The molecule has 0 aliphatic carbocycles. The zero-order chi connectivity index (χ0) is 9.97. The van der Waals surface area contributed by atoms with E-state index in [1.807, 2.05) is 18.3 Å². The number of hydrogen-bond acceptors (Lipinski definition) is 4. The molecular weight excluding hydrogens is 176 g/mol. The molecule has 0 aromatic carbocycles. The van der Waals surface area contributed by atoms with Crippen LogP contribution >= 0.6 is 0 Å². The molecule has 1 aromatic rings. The number of nitrogens with zero attached hydrogens (tertiary/aromatic N) is 2. The molecule has 14 heavy (non-hydrogen) atoms. The summed E-state index contributed by atoms with van der Waals surface area (Å²) < 4.78 is 0. The smallest absolute Gasteiger partial charge is 0.123 e. The Bertz CT molecular complexity index is 295. The third kappa shape index (κ3) is 1.96. The summed E-state index contributed by atoms with van der Waals surface area (Å²) in [7, 11) is 0. The first-order chi connectivity index (χ1) is 6.75. The van der Waals surface area contributed by atoms with Gasteiger partial charge in [-0.1, -0.05) is 0 Å². The van der Waals surface area contributed by atoms with Crippen LogP contribution < -0.4 is 16.0 Å². The van der Waals surface area contributed by atoms with Crippen LogP contribution in [0.4, 0.5) is 11.5 Å². The lowest BCUT2D eigenvalue weighted by molar-refractivity contribution is 0.484. The molecule has 1 atom stereocenters. The topological polar surface area (TPSA) is 54.2 Å². The molecule has 0 bridgehead atoms. The first-order valence-corrected chi connectivity index (χ1v) is 4.95. The molecule has 4 nitrogen and oxygen atoms in total. The third-order valence-corrected chi connectivity index (χ3v) is 2.50. The van der Waals surface area contributed by atoms with Crippen LogP contribution in [0.15, 0.2) is 18.3 Å². The molecule has 1 aliphatic rings. The Morgan fingerprint density at radius 1 is 1.57 bits per heavy atom. The largest absolute Gasteiger partial charge is 0.384 e. The van der Waals surface area contributed by atoms with Gasteiger partial charge in [0.25, 0.3) is 0 Å². The number of anilines is 2.